The molecule has 3 rings (SSSR count). The largest absolute Gasteiger partial charge is 0.463 e. The molecule has 0 aliphatic carbocycles. The Balaban J connectivity index is 2.18. The fourth-order valence-electron chi connectivity index (χ4n) is 4.32. The van der Waals surface area contributed by atoms with E-state index in [-0.39, 0.29) is 48.5 Å². The Morgan fingerprint density at radius 3 is 2.51 bits per heavy atom. The summed E-state index contributed by atoms with van der Waals surface area (Å²) in [5.41, 5.74) is -0.497. The molecule has 1 heterocycles. The van der Waals surface area contributed by atoms with Gasteiger partial charge < -0.3 is 9.64 Å². The average molecular weight is 490 g/mol. The first-order valence-corrected chi connectivity index (χ1v) is 11.2. The van der Waals surface area contributed by atoms with Crippen LogP contribution in [0.5, 0.6) is 0 Å². The van der Waals surface area contributed by atoms with Gasteiger partial charge in [0.1, 0.15) is 0 Å². The summed E-state index contributed by atoms with van der Waals surface area (Å²) in [7, 11) is 0. The van der Waals surface area contributed by atoms with E-state index in [0.29, 0.717) is 12.0 Å². The lowest BCUT2D eigenvalue weighted by molar-refractivity contribution is -0.384. The van der Waals surface area contributed by atoms with E-state index in [0.717, 1.165) is 6.07 Å². The number of amides is 1. The van der Waals surface area contributed by atoms with Crippen molar-refractivity contribution in [2.45, 2.75) is 51.7 Å². The van der Waals surface area contributed by atoms with Gasteiger partial charge >= 0.3 is 12.1 Å². The molecule has 1 aliphatic heterocycles. The van der Waals surface area contributed by atoms with Gasteiger partial charge in [-0.25, -0.2) is 4.79 Å². The summed E-state index contributed by atoms with van der Waals surface area (Å²) in [6, 6.07) is 10.6. The van der Waals surface area contributed by atoms with E-state index in [1.807, 2.05) is 6.92 Å². The number of esters is 1. The van der Waals surface area contributed by atoms with Gasteiger partial charge in [-0.05, 0) is 30.5 Å². The molecule has 0 saturated carbocycles. The van der Waals surface area contributed by atoms with Gasteiger partial charge in [-0.3, -0.25) is 14.9 Å². The second kappa shape index (κ2) is 10.7. The molecule has 0 fully saturated rings. The second-order valence-corrected chi connectivity index (χ2v) is 8.08. The molecule has 0 N–H and O–H groups in total. The molecule has 10 heteroatoms. The topological polar surface area (TPSA) is 89.8 Å². The number of halogens is 3. The maximum absolute atomic E-state index is 13.8. The van der Waals surface area contributed by atoms with Gasteiger partial charge in [-0.2, -0.15) is 13.2 Å². The Bertz CT molecular complexity index is 1160. The number of alkyl halides is 3. The Morgan fingerprint density at radius 1 is 1.17 bits per heavy atom. The van der Waals surface area contributed by atoms with Gasteiger partial charge in [0.2, 0.25) is 5.91 Å². The number of nitro groups is 1. The van der Waals surface area contributed by atoms with E-state index in [2.05, 4.69) is 0 Å². The minimum absolute atomic E-state index is 0.00814. The highest BCUT2D eigenvalue weighted by molar-refractivity contribution is 5.96. The smallest absolute Gasteiger partial charge is 0.416 e. The minimum atomic E-state index is -4.68. The van der Waals surface area contributed by atoms with Crippen molar-refractivity contribution in [1.82, 2.24) is 4.90 Å². The first-order valence-electron chi connectivity index (χ1n) is 11.2. The van der Waals surface area contributed by atoms with Crippen molar-refractivity contribution in [3.63, 3.8) is 0 Å². The highest BCUT2D eigenvalue weighted by Gasteiger charge is 2.42. The van der Waals surface area contributed by atoms with Crippen LogP contribution in [0.15, 0.2) is 59.8 Å². The predicted molar refractivity (Wildman–Crippen MR) is 121 cm³/mol. The average Bonchev–Trinajstić information content (AvgIpc) is 2.81. The number of carbonyl (C=O) groups is 2. The van der Waals surface area contributed by atoms with Gasteiger partial charge in [0.25, 0.3) is 5.69 Å². The zero-order valence-electron chi connectivity index (χ0n) is 19.3. The van der Waals surface area contributed by atoms with Crippen LogP contribution in [0.4, 0.5) is 18.9 Å². The molecular weight excluding hydrogens is 465 g/mol. The monoisotopic (exact) mass is 490 g/mol. The Hall–Kier alpha value is -3.69. The molecule has 1 unspecified atom stereocenters. The molecule has 2 aromatic rings. The van der Waals surface area contributed by atoms with Crippen LogP contribution < -0.4 is 0 Å². The second-order valence-electron chi connectivity index (χ2n) is 8.08. The summed E-state index contributed by atoms with van der Waals surface area (Å²) in [6.45, 7) is 3.35. The molecule has 7 nitrogen and oxygen atoms in total. The van der Waals surface area contributed by atoms with E-state index in [1.165, 1.54) is 41.3 Å². The molecular formula is C25H25F3N2O5. The molecule has 186 valence electrons. The van der Waals surface area contributed by atoms with Crippen LogP contribution in [-0.4, -0.2) is 28.3 Å². The molecule has 0 aromatic heterocycles. The van der Waals surface area contributed by atoms with Crippen LogP contribution in [0.25, 0.3) is 0 Å². The Labute approximate surface area is 200 Å². The number of benzene rings is 2. The third kappa shape index (κ3) is 5.70. The highest BCUT2D eigenvalue weighted by Crippen LogP contribution is 2.44. The summed E-state index contributed by atoms with van der Waals surface area (Å²) in [6.07, 6.45) is -4.31. The zero-order chi connectivity index (χ0) is 25.8. The Morgan fingerprint density at radius 2 is 1.89 bits per heavy atom. The predicted octanol–water partition coefficient (Wildman–Crippen LogP) is 5.75. The molecule has 1 atom stereocenters. The maximum atomic E-state index is 13.8. The lowest BCUT2D eigenvalue weighted by Crippen LogP contribution is -2.39. The van der Waals surface area contributed by atoms with E-state index in [1.54, 1.807) is 13.0 Å². The van der Waals surface area contributed by atoms with Crippen LogP contribution in [0.3, 0.4) is 0 Å². The van der Waals surface area contributed by atoms with Crippen LogP contribution >= 0.6 is 0 Å². The van der Waals surface area contributed by atoms with E-state index < -0.39 is 34.5 Å². The number of hydrogen-bond donors (Lipinski definition) is 0. The molecule has 0 spiro atoms. The van der Waals surface area contributed by atoms with E-state index in [9.17, 15) is 32.9 Å². The molecule has 35 heavy (non-hydrogen) atoms. The fourth-order valence-corrected chi connectivity index (χ4v) is 4.32. The standard InChI is InChI=1S/C25H25F3N2O5/c1-3-8-21-23(24(32)35-4-2)19(18-11-5-6-12-20(18)25(26,27)28)14-22(31)29(21)15-16-9-7-10-17(13-16)30(33)34/h5-7,9-13,19H,3-4,8,14-15H2,1-2H3. The molecule has 2 aromatic carbocycles. The molecule has 1 aliphatic rings. The normalized spacial score (nSPS) is 16.4. The number of nitro benzene ring substituents is 1. The minimum Gasteiger partial charge on any atom is -0.463 e. The molecule has 0 saturated heterocycles. The fraction of sp³-hybridized carbons (Fsp3) is 0.360. The summed E-state index contributed by atoms with van der Waals surface area (Å²) in [4.78, 5) is 38.3. The maximum Gasteiger partial charge on any atom is 0.416 e. The quantitative estimate of drug-likeness (QED) is 0.267. The zero-order valence-corrected chi connectivity index (χ0v) is 19.3. The van der Waals surface area contributed by atoms with Gasteiger partial charge in [0.05, 0.1) is 29.2 Å². The number of hydrogen-bond acceptors (Lipinski definition) is 5. The summed E-state index contributed by atoms with van der Waals surface area (Å²) >= 11 is 0. The summed E-state index contributed by atoms with van der Waals surface area (Å²) in [5.74, 6) is -2.40. The lowest BCUT2D eigenvalue weighted by Gasteiger charge is -2.36. The lowest BCUT2D eigenvalue weighted by atomic mass is 9.80. The van der Waals surface area contributed by atoms with Gasteiger partial charge in [0, 0.05) is 30.2 Å². The number of allylic oxidation sites excluding steroid dienone is 1. The summed E-state index contributed by atoms with van der Waals surface area (Å²) in [5, 5.41) is 11.2. The molecule has 0 radical (unpaired) electrons. The third-order valence-electron chi connectivity index (χ3n) is 5.75. The number of ether oxygens (including phenoxy) is 1. The molecule has 1 amide bonds. The van der Waals surface area contributed by atoms with Crippen molar-refractivity contribution in [2.75, 3.05) is 6.61 Å². The first kappa shape index (κ1) is 25.9. The van der Waals surface area contributed by atoms with E-state index >= 15 is 0 Å². The van der Waals surface area contributed by atoms with Crippen LogP contribution in [-0.2, 0) is 27.0 Å². The molecule has 0 bridgehead atoms. The number of nitrogens with zero attached hydrogens (tertiary/aromatic N) is 2. The SMILES string of the molecule is CCCC1=C(C(=O)OCC)C(c2ccccc2C(F)(F)F)CC(=O)N1Cc1cccc([N+](=O)[O-])c1. The van der Waals surface area contributed by atoms with Crippen LogP contribution in [0.1, 0.15) is 55.7 Å². The van der Waals surface area contributed by atoms with Crippen molar-refractivity contribution >= 4 is 17.6 Å². The van der Waals surface area contributed by atoms with Crippen molar-refractivity contribution in [1.29, 1.82) is 0 Å². The number of non-ortho nitro benzene ring substituents is 1. The summed E-state index contributed by atoms with van der Waals surface area (Å²) < 4.78 is 46.6. The van der Waals surface area contributed by atoms with Crippen molar-refractivity contribution < 1.29 is 32.4 Å². The first-order chi connectivity index (χ1) is 16.6. The number of rotatable bonds is 8. The van der Waals surface area contributed by atoms with Gasteiger partial charge in [-0.15, -0.1) is 0 Å². The van der Waals surface area contributed by atoms with Crippen LogP contribution in [0.2, 0.25) is 0 Å². The van der Waals surface area contributed by atoms with Crippen molar-refractivity contribution in [3.8, 4) is 0 Å². The van der Waals surface area contributed by atoms with Crippen molar-refractivity contribution in [3.05, 3.63) is 86.6 Å². The van der Waals surface area contributed by atoms with Gasteiger partial charge in [-0.1, -0.05) is 43.7 Å². The van der Waals surface area contributed by atoms with E-state index in [4.69, 9.17) is 4.74 Å². The van der Waals surface area contributed by atoms with Gasteiger partial charge in [0.15, 0.2) is 0 Å². The number of carbonyl (C=O) groups excluding carboxylic acids is 2. The van der Waals surface area contributed by atoms with Crippen molar-refractivity contribution in [2.24, 2.45) is 0 Å². The third-order valence-corrected chi connectivity index (χ3v) is 5.75. The highest BCUT2D eigenvalue weighted by atomic mass is 19.4. The Kier molecular flexibility index (Phi) is 7.93. The van der Waals surface area contributed by atoms with Crippen LogP contribution in [0, 0.1) is 10.1 Å².